The highest BCUT2D eigenvalue weighted by Crippen LogP contribution is 2.37. The predicted octanol–water partition coefficient (Wildman–Crippen LogP) is 5.25. The molecule has 0 unspecified atom stereocenters. The highest BCUT2D eigenvalue weighted by Gasteiger charge is 2.17. The maximum atomic E-state index is 7.33. The minimum Gasteiger partial charge on any atom is -0.467 e. The maximum Gasteiger partial charge on any atom is 0.229 e. The summed E-state index contributed by atoms with van der Waals surface area (Å²) in [7, 11) is 2.05. The number of fused-ring (bicyclic) bond motifs is 3. The number of furan rings is 1. The average Bonchev–Trinajstić information content (AvgIpc) is 2.94. The van der Waals surface area contributed by atoms with Crippen molar-refractivity contribution in [3.63, 3.8) is 0 Å². The van der Waals surface area contributed by atoms with E-state index < -0.39 is 0 Å². The first-order valence-corrected chi connectivity index (χ1v) is 7.88. The second-order valence-electron chi connectivity index (χ2n) is 6.23. The van der Waals surface area contributed by atoms with Gasteiger partial charge in [-0.25, -0.2) is 9.41 Å². The third kappa shape index (κ3) is 2.08. The van der Waals surface area contributed by atoms with Crippen LogP contribution in [0.25, 0.3) is 38.0 Å². The van der Waals surface area contributed by atoms with Gasteiger partial charge in [-0.1, -0.05) is 18.2 Å². The summed E-state index contributed by atoms with van der Waals surface area (Å²) in [5.41, 5.74) is 6.78. The van der Waals surface area contributed by atoms with Gasteiger partial charge in [-0.2, -0.15) is 0 Å². The molecule has 3 nitrogen and oxygen atoms in total. The number of benzene rings is 2. The molecule has 3 heteroatoms. The molecule has 4 rings (SSSR count). The Balaban J connectivity index is 2.06. The monoisotopic (exact) mass is 313 g/mol. The van der Waals surface area contributed by atoms with E-state index >= 15 is 0 Å². The smallest absolute Gasteiger partial charge is 0.229 e. The van der Waals surface area contributed by atoms with E-state index in [1.165, 1.54) is 11.1 Å². The van der Waals surface area contributed by atoms with Crippen molar-refractivity contribution in [1.29, 1.82) is 0 Å². The molecule has 0 aliphatic rings. The summed E-state index contributed by atoms with van der Waals surface area (Å²) in [6.45, 7) is 11.5. The topological polar surface area (TPSA) is 21.4 Å². The van der Waals surface area contributed by atoms with Crippen LogP contribution in [0.2, 0.25) is 0 Å². The second-order valence-corrected chi connectivity index (χ2v) is 6.23. The van der Waals surface area contributed by atoms with Crippen LogP contribution in [0.5, 0.6) is 0 Å². The standard InChI is InChI=1S/C21H17N2O/c1-13-8-9-23(4)19(10-13)16-12-20-17(11-14(16)2)15-6-5-7-18(22-3)21(15)24-20/h5-12H,1-2,4H3/q+1. The minimum atomic E-state index is 0.559. The average molecular weight is 313 g/mol. The van der Waals surface area contributed by atoms with Gasteiger partial charge in [0.2, 0.25) is 11.4 Å². The van der Waals surface area contributed by atoms with Crippen molar-refractivity contribution in [2.75, 3.05) is 0 Å². The molecule has 0 atom stereocenters. The number of rotatable bonds is 1. The van der Waals surface area contributed by atoms with Gasteiger partial charge >= 0.3 is 0 Å². The highest BCUT2D eigenvalue weighted by atomic mass is 16.3. The molecule has 0 fully saturated rings. The third-order valence-corrected chi connectivity index (χ3v) is 4.52. The molecular weight excluding hydrogens is 296 g/mol. The number of hydrogen-bond acceptors (Lipinski definition) is 1. The number of nitrogens with zero attached hydrogens (tertiary/aromatic N) is 2. The number of aryl methyl sites for hydroxylation is 3. The summed E-state index contributed by atoms with van der Waals surface area (Å²) in [5.74, 6) is 0. The molecule has 0 saturated heterocycles. The van der Waals surface area contributed by atoms with E-state index in [0.717, 1.165) is 27.6 Å². The van der Waals surface area contributed by atoms with Gasteiger partial charge in [-0.15, -0.1) is 0 Å². The first-order chi connectivity index (χ1) is 11.6. The van der Waals surface area contributed by atoms with Crippen LogP contribution in [-0.2, 0) is 7.05 Å². The number of pyridine rings is 1. The molecule has 0 amide bonds. The van der Waals surface area contributed by atoms with E-state index in [4.69, 9.17) is 11.0 Å². The molecule has 2 aromatic carbocycles. The Kier molecular flexibility index (Phi) is 3.14. The Morgan fingerprint density at radius 2 is 1.88 bits per heavy atom. The number of hydrogen-bond donors (Lipinski definition) is 0. The zero-order chi connectivity index (χ0) is 16.8. The predicted molar refractivity (Wildman–Crippen MR) is 96.1 cm³/mol. The third-order valence-electron chi connectivity index (χ3n) is 4.52. The summed E-state index contributed by atoms with van der Waals surface area (Å²) in [6.07, 6.45) is 2.07. The van der Waals surface area contributed by atoms with Crippen LogP contribution in [0, 0.1) is 20.4 Å². The fourth-order valence-corrected chi connectivity index (χ4v) is 3.24. The summed E-state index contributed by atoms with van der Waals surface area (Å²) >= 11 is 0. The first-order valence-electron chi connectivity index (χ1n) is 7.88. The summed E-state index contributed by atoms with van der Waals surface area (Å²) in [4.78, 5) is 3.57. The fourth-order valence-electron chi connectivity index (χ4n) is 3.24. The van der Waals surface area contributed by atoms with Crippen molar-refractivity contribution in [3.8, 4) is 11.3 Å². The molecule has 0 radical (unpaired) electrons. The van der Waals surface area contributed by atoms with E-state index in [0.29, 0.717) is 11.3 Å². The van der Waals surface area contributed by atoms with Crippen molar-refractivity contribution in [3.05, 3.63) is 71.2 Å². The van der Waals surface area contributed by atoms with Crippen LogP contribution in [0.4, 0.5) is 5.69 Å². The SMILES string of the molecule is [C-]#[N+]c1cccc2c1oc1cc(-c3cc(C)cc[n+]3C)c(C)cc12. The Bertz CT molecular complexity index is 1150. The lowest BCUT2D eigenvalue weighted by Gasteiger charge is -2.05. The highest BCUT2D eigenvalue weighted by molar-refractivity contribution is 6.10. The lowest BCUT2D eigenvalue weighted by Crippen LogP contribution is -2.30. The van der Waals surface area contributed by atoms with E-state index in [9.17, 15) is 0 Å². The van der Waals surface area contributed by atoms with Crippen LogP contribution < -0.4 is 4.57 Å². The van der Waals surface area contributed by atoms with Crippen molar-refractivity contribution in [1.82, 2.24) is 0 Å². The maximum absolute atomic E-state index is 7.33. The molecule has 116 valence electrons. The number of aromatic nitrogens is 1. The van der Waals surface area contributed by atoms with Gasteiger partial charge in [-0.05, 0) is 37.1 Å². The van der Waals surface area contributed by atoms with E-state index in [2.05, 4.69) is 53.7 Å². The quantitative estimate of drug-likeness (QED) is 0.347. The van der Waals surface area contributed by atoms with Gasteiger partial charge in [0.15, 0.2) is 6.20 Å². The van der Waals surface area contributed by atoms with Gasteiger partial charge in [0.1, 0.15) is 18.2 Å². The van der Waals surface area contributed by atoms with Gasteiger partial charge in [-0.3, -0.25) is 0 Å². The van der Waals surface area contributed by atoms with Crippen LogP contribution in [-0.4, -0.2) is 0 Å². The Hall–Kier alpha value is -3.12. The van der Waals surface area contributed by atoms with E-state index in [1.807, 2.05) is 19.2 Å². The van der Waals surface area contributed by atoms with Gasteiger partial charge in [0, 0.05) is 22.9 Å². The largest absolute Gasteiger partial charge is 0.467 e. The van der Waals surface area contributed by atoms with E-state index in [-0.39, 0.29) is 0 Å². The molecule has 2 heterocycles. The Labute approximate surface area is 140 Å². The van der Waals surface area contributed by atoms with Crippen molar-refractivity contribution >= 4 is 27.6 Å². The zero-order valence-corrected chi connectivity index (χ0v) is 13.9. The normalized spacial score (nSPS) is 11.1. The summed E-state index contributed by atoms with van der Waals surface area (Å²) in [5, 5.41) is 2.06. The van der Waals surface area contributed by atoms with Gasteiger partial charge < -0.3 is 4.42 Å². The van der Waals surface area contributed by atoms with Crippen molar-refractivity contribution in [2.24, 2.45) is 7.05 Å². The first kappa shape index (κ1) is 14.5. The van der Waals surface area contributed by atoms with Gasteiger partial charge in [0.25, 0.3) is 0 Å². The van der Waals surface area contributed by atoms with Crippen LogP contribution in [0.3, 0.4) is 0 Å². The molecule has 0 spiro atoms. The molecule has 0 aliphatic carbocycles. The van der Waals surface area contributed by atoms with Crippen LogP contribution in [0.1, 0.15) is 11.1 Å². The van der Waals surface area contributed by atoms with E-state index in [1.54, 1.807) is 6.07 Å². The molecule has 0 bridgehead atoms. The molecule has 0 N–H and O–H groups in total. The molecule has 24 heavy (non-hydrogen) atoms. The van der Waals surface area contributed by atoms with Gasteiger partial charge in [0.05, 0.1) is 12.1 Å². The fraction of sp³-hybridized carbons (Fsp3) is 0.143. The molecule has 0 saturated carbocycles. The van der Waals surface area contributed by atoms with Crippen molar-refractivity contribution < 1.29 is 8.98 Å². The van der Waals surface area contributed by atoms with Crippen LogP contribution >= 0.6 is 0 Å². The van der Waals surface area contributed by atoms with Crippen molar-refractivity contribution in [2.45, 2.75) is 13.8 Å². The summed E-state index contributed by atoms with van der Waals surface area (Å²) < 4.78 is 8.16. The lowest BCUT2D eigenvalue weighted by atomic mass is 10.0. The second kappa shape index (κ2) is 5.21. The van der Waals surface area contributed by atoms with Crippen LogP contribution in [0.15, 0.2) is 53.1 Å². The molecule has 4 aromatic rings. The Morgan fingerprint density at radius 1 is 1.04 bits per heavy atom. The molecule has 2 aromatic heterocycles. The Morgan fingerprint density at radius 3 is 2.67 bits per heavy atom. The molecular formula is C21H17N2O+. The number of para-hydroxylation sites is 1. The lowest BCUT2D eigenvalue weighted by molar-refractivity contribution is -0.660. The minimum absolute atomic E-state index is 0.559. The summed E-state index contributed by atoms with van der Waals surface area (Å²) in [6, 6.07) is 14.3. The zero-order valence-electron chi connectivity index (χ0n) is 13.9. The molecule has 0 aliphatic heterocycles.